The first-order chi connectivity index (χ1) is 9.74. The van der Waals surface area contributed by atoms with Crippen LogP contribution in [0.25, 0.3) is 16.3 Å². The van der Waals surface area contributed by atoms with Crippen LogP contribution < -0.4 is 0 Å². The van der Waals surface area contributed by atoms with Crippen molar-refractivity contribution in [3.8, 4) is 6.07 Å². The number of thiazole rings is 1. The number of thioether (sulfide) groups is 1. The molecule has 0 amide bonds. The molecular formula is C14H7IN2OS2. The van der Waals surface area contributed by atoms with Crippen LogP contribution in [0.15, 0.2) is 50.1 Å². The fraction of sp³-hybridized carbons (Fsp3) is 0. The molecule has 3 rings (SSSR count). The maximum Gasteiger partial charge on any atom is 0.164 e. The lowest BCUT2D eigenvalue weighted by atomic mass is 10.3. The summed E-state index contributed by atoms with van der Waals surface area (Å²) in [4.78, 5) is 5.07. The zero-order valence-corrected chi connectivity index (χ0v) is 13.8. The molecule has 3 aromatic rings. The number of para-hydroxylation sites is 1. The van der Waals surface area contributed by atoms with Gasteiger partial charge in [0.15, 0.2) is 8.11 Å². The molecule has 0 fully saturated rings. The van der Waals surface area contributed by atoms with Crippen LogP contribution in [0.4, 0.5) is 0 Å². The van der Waals surface area contributed by atoms with E-state index in [1.807, 2.05) is 36.4 Å². The number of furan rings is 1. The first-order valence-electron chi connectivity index (χ1n) is 5.65. The summed E-state index contributed by atoms with van der Waals surface area (Å²) in [6, 6.07) is 13.8. The van der Waals surface area contributed by atoms with E-state index in [1.165, 1.54) is 11.8 Å². The van der Waals surface area contributed by atoms with Gasteiger partial charge in [0.1, 0.15) is 11.8 Å². The Kier molecular flexibility index (Phi) is 4.10. The van der Waals surface area contributed by atoms with Gasteiger partial charge in [-0.1, -0.05) is 12.1 Å². The Balaban J connectivity index is 1.88. The van der Waals surface area contributed by atoms with Crippen LogP contribution in [0.1, 0.15) is 5.76 Å². The molecule has 2 aromatic heterocycles. The monoisotopic (exact) mass is 410 g/mol. The Bertz CT molecular complexity index is 796. The number of aromatic nitrogens is 1. The lowest BCUT2D eigenvalue weighted by Gasteiger charge is -1.92. The molecule has 0 aliphatic rings. The molecule has 3 nitrogen and oxygen atoms in total. The molecule has 0 radical (unpaired) electrons. The molecule has 0 saturated heterocycles. The summed E-state index contributed by atoms with van der Waals surface area (Å²) in [5.41, 5.74) is 0.963. The van der Waals surface area contributed by atoms with Crippen molar-refractivity contribution in [3.05, 3.63) is 50.8 Å². The third-order valence-electron chi connectivity index (χ3n) is 2.45. The van der Waals surface area contributed by atoms with Gasteiger partial charge in [-0.2, -0.15) is 5.26 Å². The van der Waals surface area contributed by atoms with Crippen LogP contribution in [0, 0.1) is 15.1 Å². The number of benzene rings is 1. The molecule has 98 valence electrons. The highest BCUT2D eigenvalue weighted by atomic mass is 127. The van der Waals surface area contributed by atoms with E-state index in [-0.39, 0.29) is 0 Å². The van der Waals surface area contributed by atoms with Crippen LogP contribution in [-0.4, -0.2) is 4.98 Å². The van der Waals surface area contributed by atoms with Gasteiger partial charge in [-0.25, -0.2) is 4.98 Å². The van der Waals surface area contributed by atoms with Crippen LogP contribution in [0.2, 0.25) is 0 Å². The third kappa shape index (κ3) is 3.06. The van der Waals surface area contributed by atoms with E-state index in [9.17, 15) is 5.26 Å². The number of nitrogens with zero attached hydrogens (tertiary/aromatic N) is 2. The molecule has 0 spiro atoms. The van der Waals surface area contributed by atoms with E-state index in [0.717, 1.165) is 18.3 Å². The van der Waals surface area contributed by atoms with Crippen molar-refractivity contribution in [3.63, 3.8) is 0 Å². The van der Waals surface area contributed by atoms with Crippen LogP contribution in [0.3, 0.4) is 0 Å². The second kappa shape index (κ2) is 5.99. The van der Waals surface area contributed by atoms with Gasteiger partial charge in [0.2, 0.25) is 0 Å². The molecular weight excluding hydrogens is 403 g/mol. The number of fused-ring (bicyclic) bond motifs is 1. The molecule has 0 aliphatic heterocycles. The second-order valence-corrected chi connectivity index (χ2v) is 7.19. The number of halogens is 1. The van der Waals surface area contributed by atoms with E-state index in [0.29, 0.717) is 10.7 Å². The topological polar surface area (TPSA) is 49.8 Å². The number of rotatable bonds is 3. The summed E-state index contributed by atoms with van der Waals surface area (Å²) in [6.45, 7) is 0. The van der Waals surface area contributed by atoms with Gasteiger partial charge in [0.05, 0.1) is 15.1 Å². The van der Waals surface area contributed by atoms with Crippen molar-refractivity contribution in [2.75, 3.05) is 0 Å². The summed E-state index contributed by atoms with van der Waals surface area (Å²) in [6.07, 6.45) is 1.74. The molecule has 0 aliphatic carbocycles. The molecule has 2 heterocycles. The predicted molar refractivity (Wildman–Crippen MR) is 90.5 cm³/mol. The molecule has 1 aromatic carbocycles. The molecule has 0 atom stereocenters. The highest BCUT2D eigenvalue weighted by molar-refractivity contribution is 14.1. The molecule has 0 N–H and O–H groups in total. The van der Waals surface area contributed by atoms with Crippen molar-refractivity contribution in [2.24, 2.45) is 0 Å². The zero-order chi connectivity index (χ0) is 13.9. The first kappa shape index (κ1) is 13.7. The molecule has 0 saturated carbocycles. The van der Waals surface area contributed by atoms with Crippen LogP contribution >= 0.6 is 45.7 Å². The minimum Gasteiger partial charge on any atom is -0.451 e. The van der Waals surface area contributed by atoms with E-state index >= 15 is 0 Å². The van der Waals surface area contributed by atoms with E-state index in [4.69, 9.17) is 4.42 Å². The molecule has 0 bridgehead atoms. The molecule has 6 heteroatoms. The van der Waals surface area contributed by atoms with Gasteiger partial charge in [0.25, 0.3) is 0 Å². The fourth-order valence-electron chi connectivity index (χ4n) is 1.61. The van der Waals surface area contributed by atoms with Crippen LogP contribution in [-0.2, 0) is 0 Å². The van der Waals surface area contributed by atoms with E-state index < -0.39 is 0 Å². The van der Waals surface area contributed by atoms with Crippen molar-refractivity contribution >= 4 is 62.0 Å². The summed E-state index contributed by atoms with van der Waals surface area (Å²) in [7, 11) is 0. The minimum atomic E-state index is 0.565. The molecule has 20 heavy (non-hydrogen) atoms. The summed E-state index contributed by atoms with van der Waals surface area (Å²) < 4.78 is 8.23. The van der Waals surface area contributed by atoms with Crippen molar-refractivity contribution in [1.29, 1.82) is 5.26 Å². The summed E-state index contributed by atoms with van der Waals surface area (Å²) in [5, 5.41) is 9.22. The minimum absolute atomic E-state index is 0.565. The highest BCUT2D eigenvalue weighted by Gasteiger charge is 2.08. The van der Waals surface area contributed by atoms with Gasteiger partial charge in [0, 0.05) is 6.08 Å². The standard InChI is InChI=1S/C14H7IN2OS2/c15-13-6-5-9(18-13)7-10(8-16)19-14-17-11-3-1-2-4-12(11)20-14/h1-7H/b10-7+. The molecule has 0 unspecified atom stereocenters. The predicted octanol–water partition coefficient (Wildman–Crippen LogP) is 5.15. The fourth-order valence-corrected chi connectivity index (χ4v) is 4.00. The Morgan fingerprint density at radius 2 is 2.20 bits per heavy atom. The Morgan fingerprint density at radius 3 is 2.90 bits per heavy atom. The van der Waals surface area contributed by atoms with Crippen molar-refractivity contribution in [2.45, 2.75) is 4.34 Å². The summed E-state index contributed by atoms with van der Waals surface area (Å²) in [5.74, 6) is 0.680. The van der Waals surface area contributed by atoms with Gasteiger partial charge >= 0.3 is 0 Å². The second-order valence-electron chi connectivity index (χ2n) is 3.81. The Hall–Kier alpha value is -1.30. The zero-order valence-electron chi connectivity index (χ0n) is 10.0. The van der Waals surface area contributed by atoms with Gasteiger partial charge < -0.3 is 4.42 Å². The van der Waals surface area contributed by atoms with Gasteiger partial charge in [-0.05, 0) is 58.6 Å². The number of hydrogen-bond acceptors (Lipinski definition) is 5. The van der Waals surface area contributed by atoms with Gasteiger partial charge in [-0.15, -0.1) is 11.3 Å². The number of hydrogen-bond donors (Lipinski definition) is 0. The van der Waals surface area contributed by atoms with E-state index in [2.05, 4.69) is 33.6 Å². The SMILES string of the molecule is N#C/C(=C\c1ccc(I)o1)Sc1nc2ccccc2s1. The Labute approximate surface area is 137 Å². The van der Waals surface area contributed by atoms with Gasteiger partial charge in [-0.3, -0.25) is 0 Å². The third-order valence-corrected chi connectivity index (χ3v) is 5.05. The lowest BCUT2D eigenvalue weighted by Crippen LogP contribution is -1.73. The number of allylic oxidation sites excluding steroid dienone is 1. The Morgan fingerprint density at radius 1 is 1.35 bits per heavy atom. The average Bonchev–Trinajstić information content (AvgIpc) is 3.03. The maximum absolute atomic E-state index is 9.22. The first-order valence-corrected chi connectivity index (χ1v) is 8.36. The summed E-state index contributed by atoms with van der Waals surface area (Å²) >= 11 is 5.04. The number of nitriles is 1. The highest BCUT2D eigenvalue weighted by Crippen LogP contribution is 2.34. The largest absolute Gasteiger partial charge is 0.451 e. The average molecular weight is 410 g/mol. The maximum atomic E-state index is 9.22. The van der Waals surface area contributed by atoms with Crippen molar-refractivity contribution < 1.29 is 4.42 Å². The lowest BCUT2D eigenvalue weighted by molar-refractivity contribution is 0.528. The smallest absolute Gasteiger partial charge is 0.164 e. The van der Waals surface area contributed by atoms with E-state index in [1.54, 1.807) is 17.4 Å². The quantitative estimate of drug-likeness (QED) is 0.341. The van der Waals surface area contributed by atoms with Crippen molar-refractivity contribution in [1.82, 2.24) is 4.98 Å². The normalized spacial score (nSPS) is 11.7. The van der Waals surface area contributed by atoms with Crippen LogP contribution in [0.5, 0.6) is 0 Å².